The van der Waals surface area contributed by atoms with Gasteiger partial charge in [-0.2, -0.15) is 17.6 Å². The van der Waals surface area contributed by atoms with Crippen molar-refractivity contribution in [3.63, 3.8) is 0 Å². The molecule has 0 aliphatic rings. The summed E-state index contributed by atoms with van der Waals surface area (Å²) in [6.07, 6.45) is -13.5. The van der Waals surface area contributed by atoms with E-state index in [1.54, 1.807) is 24.3 Å². The number of ether oxygens (including phenoxy) is 4. The Morgan fingerprint density at radius 1 is 1.02 bits per heavy atom. The Labute approximate surface area is 275 Å². The summed E-state index contributed by atoms with van der Waals surface area (Å²) >= 11 is 0. The highest BCUT2D eigenvalue weighted by molar-refractivity contribution is 5.88. The molecule has 0 radical (unpaired) electrons. The largest absolute Gasteiger partial charge is 0.494 e. The molecule has 0 aliphatic carbocycles. The summed E-state index contributed by atoms with van der Waals surface area (Å²) in [7, 11) is 0. The molecule has 0 saturated carbocycles. The van der Waals surface area contributed by atoms with Crippen molar-refractivity contribution in [2.75, 3.05) is 19.8 Å². The number of carbonyl (C=O) groups is 1. The van der Waals surface area contributed by atoms with Gasteiger partial charge in [0.05, 0.1) is 48.7 Å². The van der Waals surface area contributed by atoms with Gasteiger partial charge in [-0.25, -0.2) is 9.47 Å². The Balaban J connectivity index is 1.70. The van der Waals surface area contributed by atoms with E-state index in [2.05, 4.69) is 39.2 Å². The second-order valence-corrected chi connectivity index (χ2v) is 11.5. The molecule has 0 bridgehead atoms. The maximum Gasteiger partial charge on any atom is 0.494 e. The zero-order valence-electron chi connectivity index (χ0n) is 27.1. The SMILES string of the molecule is C=Cc1ccc(-c2cc3ccc(OCCC(F)(F)OC(F)(F)OC(F)(F)CCOC(=O)C(N)CN)cc3n2CCCC(C)C)c(CC)n1. The number of carbonyl (C=O) groups excluding carboxylic acids is 1. The molecule has 0 aliphatic heterocycles. The average molecular weight is 689 g/mol. The highest BCUT2D eigenvalue weighted by atomic mass is 19.3. The van der Waals surface area contributed by atoms with Crippen molar-refractivity contribution in [3.05, 3.63) is 54.4 Å². The molecule has 9 nitrogen and oxygen atoms in total. The number of esters is 1. The molecule has 0 fully saturated rings. The van der Waals surface area contributed by atoms with E-state index in [9.17, 15) is 31.1 Å². The van der Waals surface area contributed by atoms with Gasteiger partial charge in [0.25, 0.3) is 0 Å². The minimum Gasteiger partial charge on any atom is -0.493 e. The van der Waals surface area contributed by atoms with Crippen LogP contribution in [0.2, 0.25) is 0 Å². The number of hydrogen-bond acceptors (Lipinski definition) is 8. The first-order chi connectivity index (χ1) is 22.5. The molecule has 1 atom stereocenters. The fourth-order valence-corrected chi connectivity index (χ4v) is 4.81. The van der Waals surface area contributed by atoms with Gasteiger partial charge in [-0.3, -0.25) is 9.78 Å². The van der Waals surface area contributed by atoms with Crippen molar-refractivity contribution in [1.29, 1.82) is 0 Å². The molecule has 2 heterocycles. The highest BCUT2D eigenvalue weighted by Gasteiger charge is 2.52. The maximum absolute atomic E-state index is 14.3. The zero-order chi connectivity index (χ0) is 35.7. The summed E-state index contributed by atoms with van der Waals surface area (Å²) in [5.41, 5.74) is 14.6. The van der Waals surface area contributed by atoms with Gasteiger partial charge in [-0.1, -0.05) is 27.4 Å². The first-order valence-corrected chi connectivity index (χ1v) is 15.5. The standard InChI is InChI=1S/C33H42F6N4O5/c1-5-23-10-12-25(27(6-2)42-23)29-18-22-9-11-24(19-28(22)43(29)15-7-8-21(3)4)45-16-13-31(34,35)47-33(38,39)48-32(36,37)14-17-46-30(44)26(41)20-40/h5,9-12,18-19,21,26H,1,6-8,13-17,20,40-41H2,2-4H3. The van der Waals surface area contributed by atoms with E-state index in [1.807, 2.05) is 25.1 Å². The number of alkyl halides is 6. The second kappa shape index (κ2) is 16.6. The van der Waals surface area contributed by atoms with Crippen molar-refractivity contribution in [2.24, 2.45) is 17.4 Å². The molecule has 1 aromatic carbocycles. The van der Waals surface area contributed by atoms with Crippen LogP contribution in [0.5, 0.6) is 5.75 Å². The molecule has 0 amide bonds. The van der Waals surface area contributed by atoms with Crippen LogP contribution in [0.1, 0.15) is 57.8 Å². The Kier molecular flexibility index (Phi) is 13.4. The Bertz CT molecular complexity index is 1530. The molecule has 4 N–H and O–H groups in total. The van der Waals surface area contributed by atoms with E-state index in [1.165, 1.54) is 0 Å². The normalized spacial score (nSPS) is 13.2. The molecule has 1 unspecified atom stereocenters. The van der Waals surface area contributed by atoms with Crippen LogP contribution in [0.25, 0.3) is 28.2 Å². The minimum absolute atomic E-state index is 0.183. The molecule has 15 heteroatoms. The quantitative estimate of drug-likeness (QED) is 0.0732. The molecule has 266 valence electrons. The van der Waals surface area contributed by atoms with Crippen LogP contribution in [0.4, 0.5) is 26.3 Å². The van der Waals surface area contributed by atoms with E-state index in [4.69, 9.17) is 21.2 Å². The number of fused-ring (bicyclic) bond motifs is 1. The second-order valence-electron chi connectivity index (χ2n) is 11.5. The van der Waals surface area contributed by atoms with Crippen molar-refractivity contribution >= 4 is 22.9 Å². The molecule has 48 heavy (non-hydrogen) atoms. The lowest BCUT2D eigenvalue weighted by atomic mass is 10.1. The number of rotatable bonds is 20. The van der Waals surface area contributed by atoms with Crippen molar-refractivity contribution in [1.82, 2.24) is 9.55 Å². The fraction of sp³-hybridized carbons (Fsp3) is 0.515. The smallest absolute Gasteiger partial charge is 0.493 e. The molecule has 3 aromatic rings. The third-order valence-electron chi connectivity index (χ3n) is 7.25. The van der Waals surface area contributed by atoms with Gasteiger partial charge >= 0.3 is 24.5 Å². The summed E-state index contributed by atoms with van der Waals surface area (Å²) in [5.74, 6) is -0.488. The molecular weight excluding hydrogens is 646 g/mol. The summed E-state index contributed by atoms with van der Waals surface area (Å²) in [6, 6.07) is 9.53. The molecule has 0 spiro atoms. The number of aryl methyl sites for hydroxylation is 2. The third-order valence-corrected chi connectivity index (χ3v) is 7.25. The Hall–Kier alpha value is -3.66. The lowest BCUT2D eigenvalue weighted by Crippen LogP contribution is -2.42. The van der Waals surface area contributed by atoms with E-state index in [-0.39, 0.29) is 12.3 Å². The fourth-order valence-electron chi connectivity index (χ4n) is 4.81. The lowest BCUT2D eigenvalue weighted by molar-refractivity contribution is -0.514. The zero-order valence-corrected chi connectivity index (χ0v) is 27.1. The summed E-state index contributed by atoms with van der Waals surface area (Å²) < 4.78 is 103. The lowest BCUT2D eigenvalue weighted by Gasteiger charge is -2.26. The average Bonchev–Trinajstić information content (AvgIpc) is 3.35. The van der Waals surface area contributed by atoms with Gasteiger partial charge in [0.15, 0.2) is 0 Å². The van der Waals surface area contributed by atoms with Crippen LogP contribution < -0.4 is 16.2 Å². The first-order valence-electron chi connectivity index (χ1n) is 15.5. The predicted molar refractivity (Wildman–Crippen MR) is 168 cm³/mol. The Morgan fingerprint density at radius 2 is 1.69 bits per heavy atom. The van der Waals surface area contributed by atoms with Crippen LogP contribution in [0.15, 0.2) is 43.0 Å². The monoisotopic (exact) mass is 688 g/mol. The molecular formula is C33H42F6N4O5. The van der Waals surface area contributed by atoms with Crippen LogP contribution in [-0.2, 0) is 32.0 Å². The predicted octanol–water partition coefficient (Wildman–Crippen LogP) is 7.10. The van der Waals surface area contributed by atoms with E-state index >= 15 is 0 Å². The van der Waals surface area contributed by atoms with Crippen LogP contribution in [0, 0.1) is 5.92 Å². The summed E-state index contributed by atoms with van der Waals surface area (Å²) in [4.78, 5) is 16.1. The minimum atomic E-state index is -5.40. The third kappa shape index (κ3) is 11.2. The van der Waals surface area contributed by atoms with Crippen LogP contribution in [0.3, 0.4) is 0 Å². The number of pyridine rings is 1. The number of nitrogens with zero attached hydrogens (tertiary/aromatic N) is 2. The summed E-state index contributed by atoms with van der Waals surface area (Å²) in [5, 5.41) is 0.861. The molecule has 3 rings (SSSR count). The van der Waals surface area contributed by atoms with Crippen molar-refractivity contribution in [3.8, 4) is 17.0 Å². The van der Waals surface area contributed by atoms with Gasteiger partial charge < -0.3 is 25.5 Å². The van der Waals surface area contributed by atoms with Gasteiger partial charge in [0, 0.05) is 30.1 Å². The van der Waals surface area contributed by atoms with Crippen molar-refractivity contribution < 1.29 is 50.1 Å². The number of halogens is 6. The van der Waals surface area contributed by atoms with Gasteiger partial charge in [-0.05, 0) is 61.6 Å². The van der Waals surface area contributed by atoms with Gasteiger partial charge in [0.1, 0.15) is 11.8 Å². The topological polar surface area (TPSA) is 124 Å². The maximum atomic E-state index is 14.3. The number of benzene rings is 1. The number of aromatic nitrogens is 2. The van der Waals surface area contributed by atoms with Gasteiger partial charge in [-0.15, -0.1) is 8.78 Å². The van der Waals surface area contributed by atoms with E-state index < -0.39 is 56.6 Å². The highest BCUT2D eigenvalue weighted by Crippen LogP contribution is 2.37. The molecule has 0 saturated heterocycles. The van der Waals surface area contributed by atoms with Crippen LogP contribution >= 0.6 is 0 Å². The number of hydrogen-bond donors (Lipinski definition) is 2. The van der Waals surface area contributed by atoms with Gasteiger partial charge in [0.2, 0.25) is 0 Å². The number of nitrogens with two attached hydrogens (primary N) is 2. The van der Waals surface area contributed by atoms with E-state index in [0.717, 1.165) is 46.4 Å². The Morgan fingerprint density at radius 3 is 2.29 bits per heavy atom. The van der Waals surface area contributed by atoms with Crippen LogP contribution in [-0.4, -0.2) is 59.8 Å². The van der Waals surface area contributed by atoms with Crippen molar-refractivity contribution in [2.45, 2.75) is 84.0 Å². The van der Waals surface area contributed by atoms with E-state index in [0.29, 0.717) is 18.9 Å². The first kappa shape index (κ1) is 38.8. The summed E-state index contributed by atoms with van der Waals surface area (Å²) in [6.45, 7) is 8.47. The molecule has 2 aromatic heterocycles.